The molecule has 7 nitrogen and oxygen atoms in total. The van der Waals surface area contributed by atoms with E-state index in [1.165, 1.54) is 10.5 Å². The van der Waals surface area contributed by atoms with E-state index in [9.17, 15) is 4.79 Å². The predicted molar refractivity (Wildman–Crippen MR) is 110 cm³/mol. The first-order valence-corrected chi connectivity index (χ1v) is 9.82. The van der Waals surface area contributed by atoms with Crippen molar-refractivity contribution in [2.75, 3.05) is 32.1 Å². The summed E-state index contributed by atoms with van der Waals surface area (Å²) in [5, 5.41) is 3.67. The lowest BCUT2D eigenvalue weighted by Crippen LogP contribution is -2.35. The van der Waals surface area contributed by atoms with E-state index in [-0.39, 0.29) is 17.8 Å². The van der Waals surface area contributed by atoms with E-state index in [4.69, 9.17) is 4.42 Å². The van der Waals surface area contributed by atoms with Crippen molar-refractivity contribution in [2.24, 2.45) is 0 Å². The summed E-state index contributed by atoms with van der Waals surface area (Å²) in [6.07, 6.45) is 1.02. The van der Waals surface area contributed by atoms with Crippen LogP contribution < -0.4 is 10.2 Å². The normalized spacial score (nSPS) is 17.8. The Bertz CT molecular complexity index is 854. The minimum absolute atomic E-state index is 0.150. The van der Waals surface area contributed by atoms with Gasteiger partial charge in [0.15, 0.2) is 0 Å². The van der Waals surface area contributed by atoms with Gasteiger partial charge in [0.05, 0.1) is 6.04 Å². The molecule has 1 aliphatic rings. The zero-order valence-corrected chi connectivity index (χ0v) is 18.0. The van der Waals surface area contributed by atoms with E-state index in [0.29, 0.717) is 6.04 Å². The average Bonchev–Trinajstić information content (AvgIpc) is 3.23. The van der Waals surface area contributed by atoms with E-state index >= 15 is 0 Å². The van der Waals surface area contributed by atoms with Crippen LogP contribution in [0.25, 0.3) is 0 Å². The van der Waals surface area contributed by atoms with Gasteiger partial charge in [-0.3, -0.25) is 4.79 Å². The van der Waals surface area contributed by atoms with Crippen LogP contribution in [0.5, 0.6) is 0 Å². The fourth-order valence-corrected chi connectivity index (χ4v) is 3.56. The molecular formula is C21H31N5O2. The standard InChI is InChI=1S/C21H31N5O2/c1-12-10-18(28-16(12)5)15(4)22-17-8-9-26(11-17)20-13(2)14(3)23-19(24-20)21(27)25(6)7/h10,15,17,22H,8-9,11H2,1-7H3/t15?,17-/m1/s1. The van der Waals surface area contributed by atoms with Gasteiger partial charge in [-0.05, 0) is 52.7 Å². The molecule has 2 aromatic rings. The number of aromatic nitrogens is 2. The smallest absolute Gasteiger partial charge is 0.291 e. The van der Waals surface area contributed by atoms with Gasteiger partial charge in [0.2, 0.25) is 5.82 Å². The molecule has 1 amide bonds. The molecule has 3 heterocycles. The highest BCUT2D eigenvalue weighted by Crippen LogP contribution is 2.26. The fourth-order valence-electron chi connectivity index (χ4n) is 3.56. The lowest BCUT2D eigenvalue weighted by Gasteiger charge is -2.23. The maximum Gasteiger partial charge on any atom is 0.291 e. The number of carbonyl (C=O) groups is 1. The number of hydrogen-bond acceptors (Lipinski definition) is 6. The fraction of sp³-hybridized carbons (Fsp3) is 0.571. The van der Waals surface area contributed by atoms with Crippen molar-refractivity contribution in [3.63, 3.8) is 0 Å². The van der Waals surface area contributed by atoms with E-state index in [1.807, 2.05) is 20.8 Å². The molecule has 0 saturated carbocycles. The van der Waals surface area contributed by atoms with E-state index < -0.39 is 0 Å². The van der Waals surface area contributed by atoms with Crippen molar-refractivity contribution in [3.8, 4) is 0 Å². The predicted octanol–water partition coefficient (Wildman–Crippen LogP) is 2.93. The minimum Gasteiger partial charge on any atom is -0.464 e. The quantitative estimate of drug-likeness (QED) is 0.853. The number of hydrogen-bond donors (Lipinski definition) is 1. The van der Waals surface area contributed by atoms with Crippen molar-refractivity contribution >= 4 is 11.7 Å². The summed E-state index contributed by atoms with van der Waals surface area (Å²) >= 11 is 0. The minimum atomic E-state index is -0.171. The van der Waals surface area contributed by atoms with Crippen LogP contribution in [0.15, 0.2) is 10.5 Å². The van der Waals surface area contributed by atoms with Crippen molar-refractivity contribution in [1.29, 1.82) is 0 Å². The summed E-state index contributed by atoms with van der Waals surface area (Å²) in [6.45, 7) is 11.9. The van der Waals surface area contributed by atoms with Gasteiger partial charge in [-0.2, -0.15) is 0 Å². The van der Waals surface area contributed by atoms with Gasteiger partial charge in [0, 0.05) is 44.5 Å². The lowest BCUT2D eigenvalue weighted by molar-refractivity contribution is 0.0815. The Balaban J connectivity index is 1.73. The molecule has 0 spiro atoms. The molecule has 2 aromatic heterocycles. The molecule has 1 saturated heterocycles. The van der Waals surface area contributed by atoms with E-state index in [0.717, 1.165) is 48.1 Å². The SMILES string of the molecule is Cc1cc(C(C)N[C@@H]2CCN(c3nc(C(=O)N(C)C)nc(C)c3C)C2)oc1C. The van der Waals surface area contributed by atoms with Gasteiger partial charge in [0.25, 0.3) is 5.91 Å². The van der Waals surface area contributed by atoms with Crippen LogP contribution in [-0.4, -0.2) is 54.0 Å². The molecule has 7 heteroatoms. The Morgan fingerprint density at radius 2 is 2.00 bits per heavy atom. The van der Waals surface area contributed by atoms with Crippen LogP contribution in [-0.2, 0) is 0 Å². The highest BCUT2D eigenvalue weighted by Gasteiger charge is 2.28. The van der Waals surface area contributed by atoms with Crippen LogP contribution in [0.3, 0.4) is 0 Å². The Labute approximate surface area is 167 Å². The number of nitrogens with one attached hydrogen (secondary N) is 1. The first-order chi connectivity index (χ1) is 13.2. The molecule has 3 rings (SSSR count). The zero-order valence-electron chi connectivity index (χ0n) is 18.0. The van der Waals surface area contributed by atoms with Crippen LogP contribution in [0.2, 0.25) is 0 Å². The van der Waals surface area contributed by atoms with Crippen LogP contribution in [0.4, 0.5) is 5.82 Å². The third kappa shape index (κ3) is 4.04. The highest BCUT2D eigenvalue weighted by molar-refractivity contribution is 5.90. The number of carbonyl (C=O) groups excluding carboxylic acids is 1. The second-order valence-electron chi connectivity index (χ2n) is 7.99. The molecule has 0 aliphatic carbocycles. The summed E-state index contributed by atoms with van der Waals surface area (Å²) in [5.41, 5.74) is 3.06. The largest absolute Gasteiger partial charge is 0.464 e. The number of furan rings is 1. The van der Waals surface area contributed by atoms with Crippen molar-refractivity contribution in [1.82, 2.24) is 20.2 Å². The summed E-state index contributed by atoms with van der Waals surface area (Å²) in [4.78, 5) is 25.1. The molecule has 1 unspecified atom stereocenters. The monoisotopic (exact) mass is 385 g/mol. The van der Waals surface area contributed by atoms with Gasteiger partial charge in [0.1, 0.15) is 17.3 Å². The number of amides is 1. The molecule has 1 aliphatic heterocycles. The van der Waals surface area contributed by atoms with Crippen LogP contribution in [0.1, 0.15) is 58.3 Å². The van der Waals surface area contributed by atoms with Crippen molar-refractivity contribution in [3.05, 3.63) is 40.2 Å². The summed E-state index contributed by atoms with van der Waals surface area (Å²) in [7, 11) is 3.44. The topological polar surface area (TPSA) is 74.5 Å². The van der Waals surface area contributed by atoms with Gasteiger partial charge in [-0.25, -0.2) is 9.97 Å². The Hall–Kier alpha value is -2.41. The molecule has 1 N–H and O–H groups in total. The molecule has 0 radical (unpaired) electrons. The molecule has 1 fully saturated rings. The molecular weight excluding hydrogens is 354 g/mol. The molecule has 28 heavy (non-hydrogen) atoms. The number of aryl methyl sites for hydroxylation is 3. The van der Waals surface area contributed by atoms with Crippen LogP contribution >= 0.6 is 0 Å². The van der Waals surface area contributed by atoms with Gasteiger partial charge >= 0.3 is 0 Å². The second-order valence-corrected chi connectivity index (χ2v) is 7.99. The van der Waals surface area contributed by atoms with Crippen LogP contribution in [0, 0.1) is 27.7 Å². The Morgan fingerprint density at radius 3 is 2.61 bits per heavy atom. The number of rotatable bonds is 5. The summed E-state index contributed by atoms with van der Waals surface area (Å²) in [6, 6.07) is 2.59. The summed E-state index contributed by atoms with van der Waals surface area (Å²) < 4.78 is 5.86. The summed E-state index contributed by atoms with van der Waals surface area (Å²) in [5.74, 6) is 2.90. The highest BCUT2D eigenvalue weighted by atomic mass is 16.3. The van der Waals surface area contributed by atoms with Crippen molar-refractivity contribution < 1.29 is 9.21 Å². The van der Waals surface area contributed by atoms with Gasteiger partial charge < -0.3 is 19.5 Å². The Morgan fingerprint density at radius 1 is 1.29 bits per heavy atom. The van der Waals surface area contributed by atoms with E-state index in [2.05, 4.69) is 40.1 Å². The molecule has 152 valence electrons. The molecule has 2 atom stereocenters. The number of nitrogens with zero attached hydrogens (tertiary/aromatic N) is 4. The maximum absolute atomic E-state index is 12.3. The first kappa shape index (κ1) is 20.3. The average molecular weight is 386 g/mol. The molecule has 0 aromatic carbocycles. The lowest BCUT2D eigenvalue weighted by atomic mass is 10.1. The van der Waals surface area contributed by atoms with E-state index in [1.54, 1.807) is 14.1 Å². The third-order valence-corrected chi connectivity index (χ3v) is 5.55. The van der Waals surface area contributed by atoms with Crippen molar-refractivity contribution in [2.45, 2.75) is 53.1 Å². The number of anilines is 1. The zero-order chi connectivity index (χ0) is 20.6. The molecule has 0 bridgehead atoms. The maximum atomic E-state index is 12.3. The third-order valence-electron chi connectivity index (χ3n) is 5.55. The first-order valence-electron chi connectivity index (χ1n) is 9.82. The van der Waals surface area contributed by atoms with Gasteiger partial charge in [-0.15, -0.1) is 0 Å². The van der Waals surface area contributed by atoms with Gasteiger partial charge in [-0.1, -0.05) is 0 Å². The Kier molecular flexibility index (Phi) is 5.74. The second kappa shape index (κ2) is 7.91.